The second kappa shape index (κ2) is 7.44. The highest BCUT2D eigenvalue weighted by Crippen LogP contribution is 2.45. The molecule has 0 amide bonds. The van der Waals surface area contributed by atoms with Crippen molar-refractivity contribution in [3.63, 3.8) is 0 Å². The normalized spacial score (nSPS) is 25.0. The van der Waals surface area contributed by atoms with Crippen LogP contribution in [0.2, 0.25) is 5.02 Å². The smallest absolute Gasteiger partial charge is 0.207 e. The van der Waals surface area contributed by atoms with Gasteiger partial charge in [0.05, 0.1) is 5.02 Å². The molecule has 0 atom stereocenters. The Bertz CT molecular complexity index is 711. The molecule has 138 valence electrons. The van der Waals surface area contributed by atoms with Gasteiger partial charge in [0.25, 0.3) is 0 Å². The maximum absolute atomic E-state index is 9.32. The average Bonchev–Trinajstić information content (AvgIpc) is 3.02. The minimum absolute atomic E-state index is 0.0605. The van der Waals surface area contributed by atoms with Gasteiger partial charge in [-0.1, -0.05) is 30.9 Å². The number of piperidine rings is 1. The standard InChI is InChI=1S/C20H26ClN5/c21-17-7-4-11-23-18(17)25-12-8-20(9-13-25)10-14-26(19(20)24-15-22)16-5-2-1-3-6-16/h4,7,11,16H,1-3,5-6,8-10,12-14H2/b24-19+. The number of aliphatic imine (C=N–C) groups is 1. The van der Waals surface area contributed by atoms with E-state index in [2.05, 4.69) is 26.0 Å². The second-order valence-corrected chi connectivity index (χ2v) is 8.25. The number of hydrogen-bond acceptors (Lipinski definition) is 4. The number of hydrogen-bond donors (Lipinski definition) is 0. The Kier molecular flexibility index (Phi) is 5.04. The summed E-state index contributed by atoms with van der Waals surface area (Å²) < 4.78 is 0. The quantitative estimate of drug-likeness (QED) is 0.729. The van der Waals surface area contributed by atoms with Crippen molar-refractivity contribution in [1.29, 1.82) is 5.26 Å². The summed E-state index contributed by atoms with van der Waals surface area (Å²) in [5.41, 5.74) is 0.0605. The molecule has 1 aliphatic carbocycles. The van der Waals surface area contributed by atoms with E-state index < -0.39 is 0 Å². The van der Waals surface area contributed by atoms with Gasteiger partial charge in [-0.15, -0.1) is 0 Å². The molecule has 5 nitrogen and oxygen atoms in total. The second-order valence-electron chi connectivity index (χ2n) is 7.85. The lowest BCUT2D eigenvalue weighted by atomic mass is 9.76. The van der Waals surface area contributed by atoms with Crippen LogP contribution in [0.1, 0.15) is 51.4 Å². The van der Waals surface area contributed by atoms with E-state index in [-0.39, 0.29) is 5.41 Å². The number of rotatable bonds is 2. The van der Waals surface area contributed by atoms with Crippen molar-refractivity contribution in [2.75, 3.05) is 24.5 Å². The Morgan fingerprint density at radius 2 is 1.88 bits per heavy atom. The Morgan fingerprint density at radius 1 is 1.15 bits per heavy atom. The van der Waals surface area contributed by atoms with Crippen LogP contribution in [0.5, 0.6) is 0 Å². The third-order valence-electron chi connectivity index (χ3n) is 6.51. The molecule has 0 radical (unpaired) electrons. The molecule has 6 heteroatoms. The highest BCUT2D eigenvalue weighted by atomic mass is 35.5. The fourth-order valence-corrected chi connectivity index (χ4v) is 5.31. The number of nitriles is 1. The molecule has 2 saturated heterocycles. The van der Waals surface area contributed by atoms with Crippen molar-refractivity contribution in [2.24, 2.45) is 10.4 Å². The molecule has 3 fully saturated rings. The minimum Gasteiger partial charge on any atom is -0.356 e. The minimum atomic E-state index is 0.0605. The van der Waals surface area contributed by atoms with Crippen LogP contribution >= 0.6 is 11.6 Å². The van der Waals surface area contributed by atoms with Crippen LogP contribution in [0.4, 0.5) is 5.82 Å². The summed E-state index contributed by atoms with van der Waals surface area (Å²) in [5.74, 6) is 1.95. The molecule has 0 N–H and O–H groups in total. The molecule has 0 unspecified atom stereocenters. The average molecular weight is 372 g/mol. The molecule has 1 spiro atoms. The Morgan fingerprint density at radius 3 is 2.58 bits per heavy atom. The first-order valence-electron chi connectivity index (χ1n) is 9.83. The van der Waals surface area contributed by atoms with Crippen LogP contribution in [0.15, 0.2) is 23.3 Å². The third kappa shape index (κ3) is 3.16. The number of likely N-dealkylation sites (tertiary alicyclic amines) is 1. The van der Waals surface area contributed by atoms with Crippen molar-refractivity contribution >= 4 is 23.3 Å². The third-order valence-corrected chi connectivity index (χ3v) is 6.80. The van der Waals surface area contributed by atoms with Crippen molar-refractivity contribution in [3.05, 3.63) is 23.4 Å². The number of aromatic nitrogens is 1. The van der Waals surface area contributed by atoms with Gasteiger partial charge in [0.15, 0.2) is 0 Å². The van der Waals surface area contributed by atoms with E-state index in [4.69, 9.17) is 11.6 Å². The molecular formula is C20H26ClN5. The predicted octanol–water partition coefficient (Wildman–Crippen LogP) is 4.24. The van der Waals surface area contributed by atoms with Crippen LogP contribution in [0.3, 0.4) is 0 Å². The van der Waals surface area contributed by atoms with Crippen molar-refractivity contribution in [2.45, 2.75) is 57.4 Å². The molecule has 4 rings (SSSR count). The number of amidine groups is 1. The zero-order valence-corrected chi connectivity index (χ0v) is 16.0. The van der Waals surface area contributed by atoms with Gasteiger partial charge in [0.2, 0.25) is 6.19 Å². The summed E-state index contributed by atoms with van der Waals surface area (Å²) in [6, 6.07) is 4.35. The van der Waals surface area contributed by atoms with Crippen LogP contribution in [0, 0.1) is 16.9 Å². The van der Waals surface area contributed by atoms with E-state index in [9.17, 15) is 5.26 Å². The molecule has 26 heavy (non-hydrogen) atoms. The fourth-order valence-electron chi connectivity index (χ4n) is 5.07. The predicted molar refractivity (Wildman–Crippen MR) is 104 cm³/mol. The maximum Gasteiger partial charge on any atom is 0.207 e. The Balaban J connectivity index is 1.51. The molecule has 3 aliphatic rings. The van der Waals surface area contributed by atoms with E-state index in [1.54, 1.807) is 6.20 Å². The topological polar surface area (TPSA) is 55.5 Å². The van der Waals surface area contributed by atoms with Gasteiger partial charge in [0.1, 0.15) is 11.7 Å². The Hall–Kier alpha value is -1.80. The molecule has 0 bridgehead atoms. The van der Waals surface area contributed by atoms with Crippen molar-refractivity contribution in [1.82, 2.24) is 9.88 Å². The lowest BCUT2D eigenvalue weighted by molar-refractivity contribution is 0.258. The molecule has 0 aromatic carbocycles. The molecule has 1 aromatic rings. The lowest BCUT2D eigenvalue weighted by Gasteiger charge is -2.41. The van der Waals surface area contributed by atoms with Gasteiger partial charge in [-0.3, -0.25) is 0 Å². The first-order valence-corrected chi connectivity index (χ1v) is 10.2. The first kappa shape index (κ1) is 17.6. The van der Waals surface area contributed by atoms with E-state index in [0.29, 0.717) is 11.1 Å². The molecule has 3 heterocycles. The van der Waals surface area contributed by atoms with Crippen LogP contribution in [-0.2, 0) is 0 Å². The summed E-state index contributed by atoms with van der Waals surface area (Å²) in [6.45, 7) is 2.88. The van der Waals surface area contributed by atoms with Crippen LogP contribution in [-0.4, -0.2) is 41.4 Å². The maximum atomic E-state index is 9.32. The van der Waals surface area contributed by atoms with Gasteiger partial charge in [-0.2, -0.15) is 10.3 Å². The van der Waals surface area contributed by atoms with E-state index in [0.717, 1.165) is 50.6 Å². The summed E-state index contributed by atoms with van der Waals surface area (Å²) in [6.07, 6.45) is 13.5. The van der Waals surface area contributed by atoms with Gasteiger partial charge in [-0.05, 0) is 44.2 Å². The summed E-state index contributed by atoms with van der Waals surface area (Å²) >= 11 is 6.33. The zero-order valence-electron chi connectivity index (χ0n) is 15.2. The van der Waals surface area contributed by atoms with E-state index in [1.165, 1.54) is 32.1 Å². The number of nitrogens with zero attached hydrogens (tertiary/aromatic N) is 5. The summed E-state index contributed by atoms with van der Waals surface area (Å²) in [4.78, 5) is 13.6. The Labute approximate surface area is 160 Å². The number of anilines is 1. The summed E-state index contributed by atoms with van der Waals surface area (Å²) in [7, 11) is 0. The summed E-state index contributed by atoms with van der Waals surface area (Å²) in [5, 5.41) is 10.0. The largest absolute Gasteiger partial charge is 0.356 e. The van der Waals surface area contributed by atoms with Gasteiger partial charge >= 0.3 is 0 Å². The fraction of sp³-hybridized carbons (Fsp3) is 0.650. The molecule has 1 aromatic heterocycles. The van der Waals surface area contributed by atoms with E-state index in [1.807, 2.05) is 12.1 Å². The number of pyridine rings is 1. The van der Waals surface area contributed by atoms with Crippen LogP contribution < -0.4 is 4.90 Å². The molecule has 2 aliphatic heterocycles. The highest BCUT2D eigenvalue weighted by molar-refractivity contribution is 6.32. The van der Waals surface area contributed by atoms with Crippen molar-refractivity contribution < 1.29 is 0 Å². The first-order chi connectivity index (χ1) is 12.7. The monoisotopic (exact) mass is 371 g/mol. The lowest BCUT2D eigenvalue weighted by Crippen LogP contribution is -2.47. The van der Waals surface area contributed by atoms with E-state index >= 15 is 0 Å². The SMILES string of the molecule is N#C/N=C1/N(C2CCCCC2)CCC12CCN(c1ncccc1Cl)CC2. The highest BCUT2D eigenvalue weighted by Gasteiger charge is 2.48. The molecular weight excluding hydrogens is 346 g/mol. The number of halogens is 1. The van der Waals surface area contributed by atoms with Gasteiger partial charge in [-0.25, -0.2) is 4.98 Å². The van der Waals surface area contributed by atoms with Crippen molar-refractivity contribution in [3.8, 4) is 6.19 Å². The molecule has 1 saturated carbocycles. The van der Waals surface area contributed by atoms with Gasteiger partial charge < -0.3 is 9.80 Å². The van der Waals surface area contributed by atoms with Crippen LogP contribution in [0.25, 0.3) is 0 Å². The zero-order chi connectivity index (χ0) is 18.0. The van der Waals surface area contributed by atoms with Gasteiger partial charge in [0, 0.05) is 37.3 Å².